The number of ether oxygens (including phenoxy) is 1. The number of benzene rings is 1. The molecule has 1 unspecified atom stereocenters. The second-order valence-corrected chi connectivity index (χ2v) is 4.88. The molecule has 1 amide bonds. The molecule has 4 nitrogen and oxygen atoms in total. The Morgan fingerprint density at radius 3 is 2.89 bits per heavy atom. The summed E-state index contributed by atoms with van der Waals surface area (Å²) in [5, 5.41) is 12.2. The van der Waals surface area contributed by atoms with Gasteiger partial charge in [0.05, 0.1) is 11.6 Å². The normalized spacial score (nSPS) is 11.9. The molecule has 0 aliphatic rings. The Bertz CT molecular complexity index is 398. The predicted molar refractivity (Wildman–Crippen MR) is 75.4 cm³/mol. The monoisotopic (exact) mass is 285 g/mol. The molecule has 0 aliphatic heterocycles. The molecule has 1 rings (SSSR count). The third kappa shape index (κ3) is 6.45. The number of rotatable bonds is 8. The van der Waals surface area contributed by atoms with Gasteiger partial charge in [-0.15, -0.1) is 0 Å². The third-order valence-corrected chi connectivity index (χ3v) is 2.91. The topological polar surface area (TPSA) is 58.6 Å². The van der Waals surface area contributed by atoms with Crippen LogP contribution in [0, 0.1) is 5.92 Å². The van der Waals surface area contributed by atoms with Crippen LogP contribution in [0.15, 0.2) is 24.3 Å². The minimum Gasteiger partial charge on any atom is -0.492 e. The molecule has 1 aromatic carbocycles. The Morgan fingerprint density at radius 1 is 1.47 bits per heavy atom. The van der Waals surface area contributed by atoms with E-state index in [0.29, 0.717) is 36.8 Å². The molecule has 0 fully saturated rings. The summed E-state index contributed by atoms with van der Waals surface area (Å²) in [5.41, 5.74) is 0. The zero-order valence-corrected chi connectivity index (χ0v) is 11.8. The fourth-order valence-electron chi connectivity index (χ4n) is 1.42. The molecular formula is C14H20ClNO3. The van der Waals surface area contributed by atoms with Crippen molar-refractivity contribution in [3.8, 4) is 5.75 Å². The highest BCUT2D eigenvalue weighted by atomic mass is 35.5. The Kier molecular flexibility index (Phi) is 7.30. The number of aliphatic hydroxyl groups is 1. The second-order valence-electron chi connectivity index (χ2n) is 4.47. The van der Waals surface area contributed by atoms with Gasteiger partial charge < -0.3 is 15.2 Å². The van der Waals surface area contributed by atoms with Crippen LogP contribution in [0.5, 0.6) is 5.75 Å². The van der Waals surface area contributed by atoms with Crippen molar-refractivity contribution in [2.45, 2.75) is 19.8 Å². The number of hydrogen-bond acceptors (Lipinski definition) is 3. The van der Waals surface area contributed by atoms with Gasteiger partial charge in [0.1, 0.15) is 5.75 Å². The lowest BCUT2D eigenvalue weighted by molar-refractivity contribution is -0.121. The van der Waals surface area contributed by atoms with E-state index in [4.69, 9.17) is 21.4 Å². The highest BCUT2D eigenvalue weighted by Gasteiger charge is 2.05. The van der Waals surface area contributed by atoms with Crippen LogP contribution >= 0.6 is 11.6 Å². The summed E-state index contributed by atoms with van der Waals surface area (Å²) in [6.45, 7) is 2.91. The molecule has 5 heteroatoms. The van der Waals surface area contributed by atoms with Gasteiger partial charge in [-0.1, -0.05) is 30.7 Å². The van der Waals surface area contributed by atoms with E-state index in [9.17, 15) is 4.79 Å². The molecule has 0 saturated heterocycles. The van der Waals surface area contributed by atoms with Crippen LogP contribution in [0.3, 0.4) is 0 Å². The van der Waals surface area contributed by atoms with E-state index < -0.39 is 0 Å². The molecule has 0 radical (unpaired) electrons. The molecule has 1 atom stereocenters. The fourth-order valence-corrected chi connectivity index (χ4v) is 1.61. The van der Waals surface area contributed by atoms with E-state index in [1.165, 1.54) is 0 Å². The first-order valence-corrected chi connectivity index (χ1v) is 6.76. The van der Waals surface area contributed by atoms with Crippen LogP contribution in [0.1, 0.15) is 19.8 Å². The smallest absolute Gasteiger partial charge is 0.220 e. The first-order chi connectivity index (χ1) is 9.13. The zero-order chi connectivity index (χ0) is 14.1. The largest absolute Gasteiger partial charge is 0.492 e. The van der Waals surface area contributed by atoms with Crippen molar-refractivity contribution < 1.29 is 14.6 Å². The number of nitrogens with one attached hydrogen (secondary N) is 1. The molecule has 106 valence electrons. The maximum atomic E-state index is 11.5. The van der Waals surface area contributed by atoms with Crippen LogP contribution < -0.4 is 10.1 Å². The molecule has 0 heterocycles. The summed E-state index contributed by atoms with van der Waals surface area (Å²) in [7, 11) is 0. The van der Waals surface area contributed by atoms with Crippen molar-refractivity contribution >= 4 is 17.5 Å². The van der Waals surface area contributed by atoms with Crippen molar-refractivity contribution in [2.24, 2.45) is 5.92 Å². The Morgan fingerprint density at radius 2 is 2.21 bits per heavy atom. The van der Waals surface area contributed by atoms with Gasteiger partial charge in [-0.05, 0) is 24.5 Å². The Labute approximate surface area is 118 Å². The third-order valence-electron chi connectivity index (χ3n) is 2.60. The minimum absolute atomic E-state index is 0.0249. The van der Waals surface area contributed by atoms with Gasteiger partial charge in [0.25, 0.3) is 0 Å². The molecular weight excluding hydrogens is 266 g/mol. The minimum atomic E-state index is -0.0249. The van der Waals surface area contributed by atoms with E-state index in [1.807, 2.05) is 19.1 Å². The summed E-state index contributed by atoms with van der Waals surface area (Å²) >= 11 is 5.94. The Hall–Kier alpha value is -1.26. The predicted octanol–water partition coefficient (Wildman–Crippen LogP) is 2.24. The van der Waals surface area contributed by atoms with Crippen LogP contribution in [0.25, 0.3) is 0 Å². The summed E-state index contributed by atoms with van der Waals surface area (Å²) in [6.07, 6.45) is 1.03. The molecule has 2 N–H and O–H groups in total. The number of carbonyl (C=O) groups excluding carboxylic acids is 1. The highest BCUT2D eigenvalue weighted by Crippen LogP contribution is 2.23. The first-order valence-electron chi connectivity index (χ1n) is 6.38. The van der Waals surface area contributed by atoms with Crippen LogP contribution in [0.4, 0.5) is 0 Å². The maximum Gasteiger partial charge on any atom is 0.220 e. The van der Waals surface area contributed by atoms with E-state index in [1.54, 1.807) is 12.1 Å². The van der Waals surface area contributed by atoms with E-state index >= 15 is 0 Å². The highest BCUT2D eigenvalue weighted by molar-refractivity contribution is 6.32. The van der Waals surface area contributed by atoms with Crippen molar-refractivity contribution in [1.82, 2.24) is 5.32 Å². The van der Waals surface area contributed by atoms with Crippen molar-refractivity contribution in [3.05, 3.63) is 29.3 Å². The van der Waals surface area contributed by atoms with Gasteiger partial charge in [0.2, 0.25) is 5.91 Å². The number of hydrogen-bond donors (Lipinski definition) is 2. The van der Waals surface area contributed by atoms with Crippen molar-refractivity contribution in [1.29, 1.82) is 0 Å². The van der Waals surface area contributed by atoms with Gasteiger partial charge in [-0.25, -0.2) is 0 Å². The van der Waals surface area contributed by atoms with Gasteiger partial charge in [-0.2, -0.15) is 0 Å². The molecule has 0 saturated carbocycles. The molecule has 0 aliphatic carbocycles. The van der Waals surface area contributed by atoms with E-state index in [-0.39, 0.29) is 18.4 Å². The van der Waals surface area contributed by atoms with Crippen LogP contribution in [0.2, 0.25) is 5.02 Å². The van der Waals surface area contributed by atoms with E-state index in [2.05, 4.69) is 5.32 Å². The van der Waals surface area contributed by atoms with Crippen LogP contribution in [-0.4, -0.2) is 30.8 Å². The number of halogens is 1. The molecule has 1 aromatic rings. The summed E-state index contributed by atoms with van der Waals surface area (Å²) in [5.74, 6) is 0.699. The summed E-state index contributed by atoms with van der Waals surface area (Å²) in [6, 6.07) is 7.25. The SMILES string of the molecule is CC(CO)CNC(=O)CCCOc1ccccc1Cl. The molecule has 0 spiro atoms. The quantitative estimate of drug-likeness (QED) is 0.720. The molecule has 0 aromatic heterocycles. The summed E-state index contributed by atoms with van der Waals surface area (Å²) < 4.78 is 5.48. The maximum absolute atomic E-state index is 11.5. The fraction of sp³-hybridized carbons (Fsp3) is 0.500. The Balaban J connectivity index is 2.14. The van der Waals surface area contributed by atoms with Gasteiger partial charge in [0.15, 0.2) is 0 Å². The molecule has 19 heavy (non-hydrogen) atoms. The van der Waals surface area contributed by atoms with Gasteiger partial charge in [-0.3, -0.25) is 4.79 Å². The van der Waals surface area contributed by atoms with Crippen molar-refractivity contribution in [2.75, 3.05) is 19.8 Å². The number of amides is 1. The average Bonchev–Trinajstić information content (AvgIpc) is 2.42. The number of para-hydroxylation sites is 1. The lowest BCUT2D eigenvalue weighted by Crippen LogP contribution is -2.29. The lowest BCUT2D eigenvalue weighted by Gasteiger charge is -2.10. The second kappa shape index (κ2) is 8.77. The van der Waals surface area contributed by atoms with Crippen molar-refractivity contribution in [3.63, 3.8) is 0 Å². The lowest BCUT2D eigenvalue weighted by atomic mass is 10.2. The van der Waals surface area contributed by atoms with E-state index in [0.717, 1.165) is 0 Å². The summed E-state index contributed by atoms with van der Waals surface area (Å²) in [4.78, 5) is 11.5. The van der Waals surface area contributed by atoms with Gasteiger partial charge >= 0.3 is 0 Å². The van der Waals surface area contributed by atoms with Crippen LogP contribution in [-0.2, 0) is 4.79 Å². The molecule has 0 bridgehead atoms. The number of carbonyl (C=O) groups is 1. The zero-order valence-electron chi connectivity index (χ0n) is 11.1. The standard InChI is InChI=1S/C14H20ClNO3/c1-11(10-17)9-16-14(18)7-4-8-19-13-6-3-2-5-12(13)15/h2-3,5-6,11,17H,4,7-10H2,1H3,(H,16,18). The first kappa shape index (κ1) is 15.8. The number of aliphatic hydroxyl groups excluding tert-OH is 1. The average molecular weight is 286 g/mol. The van der Waals surface area contributed by atoms with Gasteiger partial charge in [0, 0.05) is 19.6 Å².